The minimum atomic E-state index is -4.55. The minimum absolute atomic E-state index is 0.00952. The summed E-state index contributed by atoms with van der Waals surface area (Å²) in [6, 6.07) is 6.43. The van der Waals surface area contributed by atoms with Gasteiger partial charge in [0, 0.05) is 17.3 Å². The van der Waals surface area contributed by atoms with Crippen molar-refractivity contribution in [2.75, 3.05) is 5.32 Å². The number of carbonyl (C=O) groups excluding carboxylic acids is 1. The smallest absolute Gasteiger partial charge is 0.324 e. The van der Waals surface area contributed by atoms with Gasteiger partial charge in [-0.3, -0.25) is 4.79 Å². The molecule has 0 radical (unpaired) electrons. The molecule has 28 heavy (non-hydrogen) atoms. The minimum Gasteiger partial charge on any atom is -0.324 e. The van der Waals surface area contributed by atoms with Crippen LogP contribution in [0.1, 0.15) is 35.7 Å². The number of carbonyl (C=O) groups is 1. The van der Waals surface area contributed by atoms with E-state index in [4.69, 9.17) is 0 Å². The fourth-order valence-electron chi connectivity index (χ4n) is 3.20. The van der Waals surface area contributed by atoms with Crippen LogP contribution in [-0.4, -0.2) is 20.7 Å². The number of nitrogens with zero attached hydrogens (tertiary/aromatic N) is 3. The van der Waals surface area contributed by atoms with Crippen LogP contribution in [-0.2, 0) is 17.5 Å². The molecule has 0 saturated heterocycles. The molecule has 0 aliphatic heterocycles. The van der Waals surface area contributed by atoms with Gasteiger partial charge in [-0.05, 0) is 44.0 Å². The van der Waals surface area contributed by atoms with Crippen LogP contribution >= 0.6 is 0 Å². The number of fused-ring (bicyclic) bond motifs is 1. The van der Waals surface area contributed by atoms with Crippen LogP contribution in [0.2, 0.25) is 0 Å². The summed E-state index contributed by atoms with van der Waals surface area (Å²) >= 11 is 0. The average molecular weight is 392 g/mol. The van der Waals surface area contributed by atoms with Crippen molar-refractivity contribution in [1.82, 2.24) is 14.8 Å². The van der Waals surface area contributed by atoms with Crippen LogP contribution in [0.4, 0.5) is 23.2 Å². The second kappa shape index (κ2) is 6.57. The first-order valence-corrected chi connectivity index (χ1v) is 8.73. The summed E-state index contributed by atoms with van der Waals surface area (Å²) in [5, 5.41) is 6.51. The molecule has 9 heteroatoms. The van der Waals surface area contributed by atoms with Crippen molar-refractivity contribution in [1.29, 1.82) is 0 Å². The first-order chi connectivity index (χ1) is 13.2. The molecule has 2 aromatic heterocycles. The number of benzene rings is 1. The maximum atomic E-state index is 13.6. The molecule has 1 N–H and O–H groups in total. The lowest BCUT2D eigenvalue weighted by molar-refractivity contribution is -0.136. The van der Waals surface area contributed by atoms with E-state index in [2.05, 4.69) is 15.4 Å². The molecule has 2 heterocycles. The van der Waals surface area contributed by atoms with Gasteiger partial charge in [-0.2, -0.15) is 18.3 Å². The van der Waals surface area contributed by atoms with Gasteiger partial charge >= 0.3 is 6.18 Å². The number of nitrogens with one attached hydrogen (secondary N) is 1. The van der Waals surface area contributed by atoms with E-state index in [1.807, 2.05) is 0 Å². The van der Waals surface area contributed by atoms with Gasteiger partial charge in [0.25, 0.3) is 0 Å². The monoisotopic (exact) mass is 392 g/mol. The normalized spacial score (nSPS) is 14.5. The molecule has 3 aromatic rings. The van der Waals surface area contributed by atoms with Gasteiger partial charge in [-0.1, -0.05) is 6.07 Å². The van der Waals surface area contributed by atoms with E-state index in [0.29, 0.717) is 5.69 Å². The number of halogens is 4. The summed E-state index contributed by atoms with van der Waals surface area (Å²) < 4.78 is 55.2. The highest BCUT2D eigenvalue weighted by molar-refractivity contribution is 5.92. The lowest BCUT2D eigenvalue weighted by atomic mass is 10.1. The Morgan fingerprint density at radius 3 is 2.68 bits per heavy atom. The van der Waals surface area contributed by atoms with Crippen molar-refractivity contribution in [3.8, 4) is 0 Å². The highest BCUT2D eigenvalue weighted by Gasteiger charge is 2.37. The maximum Gasteiger partial charge on any atom is 0.417 e. The third-order valence-electron chi connectivity index (χ3n) is 4.60. The van der Waals surface area contributed by atoms with E-state index >= 15 is 0 Å². The van der Waals surface area contributed by atoms with Crippen LogP contribution in [0.5, 0.6) is 0 Å². The van der Waals surface area contributed by atoms with Crippen LogP contribution in [0.15, 0.2) is 30.3 Å². The predicted molar refractivity (Wildman–Crippen MR) is 94.3 cm³/mol. The largest absolute Gasteiger partial charge is 0.417 e. The number of anilines is 1. The van der Waals surface area contributed by atoms with Gasteiger partial charge in [0.05, 0.1) is 16.6 Å². The van der Waals surface area contributed by atoms with Crippen LogP contribution < -0.4 is 5.32 Å². The second-order valence-corrected chi connectivity index (χ2v) is 6.87. The molecule has 0 unspecified atom stereocenters. The van der Waals surface area contributed by atoms with Crippen molar-refractivity contribution in [3.05, 3.63) is 53.1 Å². The molecule has 1 amide bonds. The maximum absolute atomic E-state index is 13.6. The fourth-order valence-corrected chi connectivity index (χ4v) is 3.20. The van der Waals surface area contributed by atoms with Crippen molar-refractivity contribution in [2.45, 2.75) is 38.4 Å². The predicted octanol–water partition coefficient (Wildman–Crippen LogP) is 4.41. The Labute approximate surface area is 157 Å². The molecular formula is C19H16F4N4O. The van der Waals surface area contributed by atoms with Crippen molar-refractivity contribution < 1.29 is 22.4 Å². The summed E-state index contributed by atoms with van der Waals surface area (Å²) in [4.78, 5) is 16.7. The van der Waals surface area contributed by atoms with E-state index in [0.717, 1.165) is 25.0 Å². The van der Waals surface area contributed by atoms with Gasteiger partial charge in [0.15, 0.2) is 5.65 Å². The number of aromatic nitrogens is 3. The Kier molecular flexibility index (Phi) is 4.32. The molecule has 5 nitrogen and oxygen atoms in total. The second-order valence-electron chi connectivity index (χ2n) is 6.87. The number of alkyl halides is 3. The molecule has 1 fully saturated rings. The summed E-state index contributed by atoms with van der Waals surface area (Å²) in [5.74, 6) is -1.04. The van der Waals surface area contributed by atoms with Crippen molar-refractivity contribution in [3.63, 3.8) is 0 Å². The van der Waals surface area contributed by atoms with Gasteiger partial charge in [-0.15, -0.1) is 0 Å². The molecule has 1 saturated carbocycles. The molecule has 1 aliphatic carbocycles. The molecule has 0 atom stereocenters. The molecule has 0 bridgehead atoms. The molecular weight excluding hydrogens is 376 g/mol. The molecule has 1 aromatic carbocycles. The number of aryl methyl sites for hydroxylation is 1. The molecule has 146 valence electrons. The number of hydrogen-bond donors (Lipinski definition) is 1. The van der Waals surface area contributed by atoms with E-state index in [1.54, 1.807) is 0 Å². The SMILES string of the molecule is Cc1nn(CC(=O)Nc2cccc(F)c2)c2nc(C3CC3)cc(C(F)(F)F)c12. The van der Waals surface area contributed by atoms with E-state index in [1.165, 1.54) is 29.8 Å². The molecule has 1 aliphatic rings. The van der Waals surface area contributed by atoms with Gasteiger partial charge in [0.1, 0.15) is 12.4 Å². The Bertz CT molecular complexity index is 1070. The topological polar surface area (TPSA) is 59.8 Å². The lowest BCUT2D eigenvalue weighted by Gasteiger charge is -2.11. The van der Waals surface area contributed by atoms with Crippen LogP contribution in [0.25, 0.3) is 11.0 Å². The number of rotatable bonds is 4. The van der Waals surface area contributed by atoms with E-state index in [-0.39, 0.29) is 34.9 Å². The Morgan fingerprint density at radius 2 is 2.04 bits per heavy atom. The standard InChI is InChI=1S/C19H16F4N4O/c1-10-17-14(19(21,22)23)8-15(11-5-6-11)25-18(17)27(26-10)9-16(28)24-13-4-2-3-12(20)7-13/h2-4,7-8,11H,5-6,9H2,1H3,(H,24,28). The highest BCUT2D eigenvalue weighted by atomic mass is 19.4. The summed E-state index contributed by atoms with van der Waals surface area (Å²) in [6.07, 6.45) is -2.96. The van der Waals surface area contributed by atoms with Gasteiger partial charge < -0.3 is 5.32 Å². The summed E-state index contributed by atoms with van der Waals surface area (Å²) in [6.45, 7) is 1.12. The van der Waals surface area contributed by atoms with E-state index in [9.17, 15) is 22.4 Å². The Morgan fingerprint density at radius 1 is 1.29 bits per heavy atom. The number of hydrogen-bond acceptors (Lipinski definition) is 3. The fraction of sp³-hybridized carbons (Fsp3) is 0.316. The zero-order chi connectivity index (χ0) is 20.1. The third kappa shape index (κ3) is 3.56. The Hall–Kier alpha value is -2.97. The molecule has 0 spiro atoms. The quantitative estimate of drug-likeness (QED) is 0.669. The first kappa shape index (κ1) is 18.4. The highest BCUT2D eigenvalue weighted by Crippen LogP contribution is 2.43. The summed E-state index contributed by atoms with van der Waals surface area (Å²) in [7, 11) is 0. The zero-order valence-electron chi connectivity index (χ0n) is 14.8. The van der Waals surface area contributed by atoms with Gasteiger partial charge in [-0.25, -0.2) is 14.1 Å². The van der Waals surface area contributed by atoms with E-state index < -0.39 is 23.5 Å². The van der Waals surface area contributed by atoms with Crippen LogP contribution in [0, 0.1) is 12.7 Å². The third-order valence-corrected chi connectivity index (χ3v) is 4.60. The van der Waals surface area contributed by atoms with Gasteiger partial charge in [0.2, 0.25) is 5.91 Å². The lowest BCUT2D eigenvalue weighted by Crippen LogP contribution is -2.20. The first-order valence-electron chi connectivity index (χ1n) is 8.73. The van der Waals surface area contributed by atoms with Crippen molar-refractivity contribution >= 4 is 22.6 Å². The number of amides is 1. The number of pyridine rings is 1. The zero-order valence-corrected chi connectivity index (χ0v) is 14.8. The van der Waals surface area contributed by atoms with Crippen molar-refractivity contribution in [2.24, 2.45) is 0 Å². The summed E-state index contributed by atoms with van der Waals surface area (Å²) in [5.41, 5.74) is 0.0142. The van der Waals surface area contributed by atoms with Crippen LogP contribution in [0.3, 0.4) is 0 Å². The Balaban J connectivity index is 1.71. The molecule has 4 rings (SSSR count). The average Bonchev–Trinajstić information content (AvgIpc) is 3.40.